The first-order valence-corrected chi connectivity index (χ1v) is 15.1. The first-order chi connectivity index (χ1) is 20.9. The van der Waals surface area contributed by atoms with Gasteiger partial charge in [0.1, 0.15) is 11.5 Å². The molecule has 0 saturated carbocycles. The average Bonchev–Trinajstić information content (AvgIpc) is 3.70. The molecule has 2 atom stereocenters. The molecule has 6 heterocycles. The summed E-state index contributed by atoms with van der Waals surface area (Å²) in [6, 6.07) is 16.7. The van der Waals surface area contributed by atoms with Crippen LogP contribution in [0.15, 0.2) is 114 Å². The van der Waals surface area contributed by atoms with E-state index in [0.29, 0.717) is 24.7 Å². The van der Waals surface area contributed by atoms with Crippen molar-refractivity contribution in [3.8, 4) is 0 Å². The molecule has 3 N–H and O–H groups in total. The topological polar surface area (TPSA) is 72.0 Å². The molecule has 0 spiro atoms. The minimum absolute atomic E-state index is 0.0123. The molecule has 218 valence electrons. The van der Waals surface area contributed by atoms with Gasteiger partial charge in [-0.25, -0.2) is 9.37 Å². The largest absolute Gasteiger partial charge is 0.402 e. The van der Waals surface area contributed by atoms with E-state index in [1.807, 2.05) is 12.4 Å². The Kier molecular flexibility index (Phi) is 6.88. The molecule has 1 saturated heterocycles. The molecule has 7 heteroatoms. The van der Waals surface area contributed by atoms with Crippen molar-refractivity contribution in [1.29, 1.82) is 0 Å². The molecule has 0 aliphatic carbocycles. The molecule has 6 nitrogen and oxygen atoms in total. The zero-order valence-corrected chi connectivity index (χ0v) is 24.6. The van der Waals surface area contributed by atoms with Gasteiger partial charge in [-0.2, -0.15) is 0 Å². The van der Waals surface area contributed by atoms with Crippen LogP contribution < -0.4 is 11.1 Å². The van der Waals surface area contributed by atoms with E-state index >= 15 is 0 Å². The average molecular weight is 573 g/mol. The third-order valence-corrected chi connectivity index (χ3v) is 9.12. The lowest BCUT2D eigenvalue weighted by Gasteiger charge is -2.33. The van der Waals surface area contributed by atoms with Crippen LogP contribution in [0.1, 0.15) is 54.0 Å². The second-order valence-corrected chi connectivity index (χ2v) is 12.1. The molecule has 2 unspecified atom stereocenters. The summed E-state index contributed by atoms with van der Waals surface area (Å²) >= 11 is 0. The second-order valence-electron chi connectivity index (χ2n) is 12.1. The Morgan fingerprint density at radius 2 is 1.93 bits per heavy atom. The smallest absolute Gasteiger partial charge is 0.141 e. The highest BCUT2D eigenvalue weighted by atomic mass is 19.1. The molecule has 0 bridgehead atoms. The summed E-state index contributed by atoms with van der Waals surface area (Å²) in [6.45, 7) is 12.4. The Labute approximate surface area is 252 Å². The van der Waals surface area contributed by atoms with E-state index < -0.39 is 0 Å². The van der Waals surface area contributed by atoms with Crippen molar-refractivity contribution < 1.29 is 4.39 Å². The fourth-order valence-electron chi connectivity index (χ4n) is 7.07. The maximum absolute atomic E-state index is 13.4. The fourth-order valence-corrected chi connectivity index (χ4v) is 7.07. The first kappa shape index (κ1) is 27.2. The number of nitrogens with two attached hydrogens (primary N) is 1. The number of halogens is 1. The molecule has 1 fully saturated rings. The Bertz CT molecular complexity index is 1790. The number of benzene rings is 1. The van der Waals surface area contributed by atoms with Crippen LogP contribution in [0.2, 0.25) is 0 Å². The number of hydrogen-bond donors (Lipinski definition) is 2. The standard InChI is InChI=1S/C36H37FN6/c1-22-6-8-25(9-7-22)10-13-31-30(17-23(2)38)34(33-24(3)43-15-4-5-32(43)35(33)41-31)27-18-26-14-16-42(36(26)40-19-27)21-29-12-11-28(37)20-39-29/h6-9,11-12,14,16,18-20,32,34,41H,2-5,10,13,15,17,21,38H2,1H3. The number of nitrogens with zero attached hydrogens (tertiary/aromatic N) is 4. The molecule has 3 aromatic heterocycles. The van der Waals surface area contributed by atoms with Gasteiger partial charge in [-0.1, -0.05) is 43.0 Å². The van der Waals surface area contributed by atoms with Crippen LogP contribution in [-0.2, 0) is 13.0 Å². The number of rotatable bonds is 8. The molecule has 7 rings (SSSR count). The van der Waals surface area contributed by atoms with Crippen LogP contribution in [-0.4, -0.2) is 32.0 Å². The summed E-state index contributed by atoms with van der Waals surface area (Å²) in [4.78, 5) is 11.7. The summed E-state index contributed by atoms with van der Waals surface area (Å²) in [5.41, 5.74) is 18.5. The van der Waals surface area contributed by atoms with Crippen molar-refractivity contribution in [2.75, 3.05) is 6.54 Å². The van der Waals surface area contributed by atoms with Gasteiger partial charge in [-0.15, -0.1) is 0 Å². The van der Waals surface area contributed by atoms with Gasteiger partial charge in [0.05, 0.1) is 24.5 Å². The number of nitrogens with one attached hydrogen (secondary N) is 1. The maximum atomic E-state index is 13.4. The van der Waals surface area contributed by atoms with Crippen molar-refractivity contribution in [3.63, 3.8) is 0 Å². The first-order valence-electron chi connectivity index (χ1n) is 15.1. The highest BCUT2D eigenvalue weighted by Gasteiger charge is 2.45. The molecule has 1 aromatic carbocycles. The predicted octanol–water partition coefficient (Wildman–Crippen LogP) is 6.61. The Morgan fingerprint density at radius 1 is 1.09 bits per heavy atom. The molecule has 4 aromatic rings. The van der Waals surface area contributed by atoms with Crippen LogP contribution in [0.25, 0.3) is 11.0 Å². The minimum Gasteiger partial charge on any atom is -0.402 e. The van der Waals surface area contributed by atoms with Crippen LogP contribution in [0.3, 0.4) is 0 Å². The van der Waals surface area contributed by atoms with Gasteiger partial charge in [-0.05, 0) is 73.6 Å². The number of fused-ring (bicyclic) bond motifs is 3. The Hall–Kier alpha value is -4.65. The molecule has 3 aliphatic heterocycles. The summed E-state index contributed by atoms with van der Waals surface area (Å²) in [5, 5.41) is 4.98. The van der Waals surface area contributed by atoms with Crippen molar-refractivity contribution in [2.24, 2.45) is 5.73 Å². The predicted molar refractivity (Wildman–Crippen MR) is 169 cm³/mol. The quantitative estimate of drug-likeness (QED) is 0.249. The Morgan fingerprint density at radius 3 is 2.70 bits per heavy atom. The van der Waals surface area contributed by atoms with E-state index in [-0.39, 0.29) is 11.7 Å². The number of allylic oxidation sites excluding steroid dienone is 3. The summed E-state index contributed by atoms with van der Waals surface area (Å²) in [7, 11) is 0. The van der Waals surface area contributed by atoms with E-state index in [1.54, 1.807) is 6.07 Å². The van der Waals surface area contributed by atoms with Crippen LogP contribution >= 0.6 is 0 Å². The van der Waals surface area contributed by atoms with Gasteiger partial charge in [0.15, 0.2) is 0 Å². The lowest BCUT2D eigenvalue weighted by Crippen LogP contribution is -2.31. The number of dihydropyridines is 1. The number of aromatic nitrogens is 3. The van der Waals surface area contributed by atoms with Gasteiger partial charge in [0.25, 0.3) is 0 Å². The Balaban J connectivity index is 1.29. The molecular formula is C36H37FN6. The van der Waals surface area contributed by atoms with Crippen molar-refractivity contribution in [1.82, 2.24) is 24.8 Å². The molecule has 0 amide bonds. The third-order valence-electron chi connectivity index (χ3n) is 9.12. The number of pyridine rings is 2. The summed E-state index contributed by atoms with van der Waals surface area (Å²) in [6.07, 6.45) is 10.0. The van der Waals surface area contributed by atoms with E-state index in [1.165, 1.54) is 52.4 Å². The van der Waals surface area contributed by atoms with Crippen molar-refractivity contribution in [3.05, 3.63) is 142 Å². The van der Waals surface area contributed by atoms with Gasteiger partial charge in [0.2, 0.25) is 0 Å². The zero-order chi connectivity index (χ0) is 29.7. The highest BCUT2D eigenvalue weighted by molar-refractivity contribution is 5.77. The number of hydrogen-bond acceptors (Lipinski definition) is 5. The van der Waals surface area contributed by atoms with E-state index in [2.05, 4.69) is 76.2 Å². The third kappa shape index (κ3) is 5.03. The van der Waals surface area contributed by atoms with Crippen LogP contribution in [0, 0.1) is 12.7 Å². The van der Waals surface area contributed by atoms with E-state index in [9.17, 15) is 4.39 Å². The highest BCUT2D eigenvalue weighted by Crippen LogP contribution is 2.51. The van der Waals surface area contributed by atoms with E-state index in [0.717, 1.165) is 53.8 Å². The molecule has 0 radical (unpaired) electrons. The van der Waals surface area contributed by atoms with Crippen LogP contribution in [0.5, 0.6) is 0 Å². The lowest BCUT2D eigenvalue weighted by atomic mass is 9.77. The molecule has 3 aliphatic rings. The SMILES string of the molecule is C=C(N)CC1=C(CCc2ccc(C)cc2)NC2=C(C(=C)N3CCCC23)C1c1cnc2c(ccn2Cc2ccc(F)cn2)c1. The molecule has 43 heavy (non-hydrogen) atoms. The zero-order valence-electron chi connectivity index (χ0n) is 24.6. The summed E-state index contributed by atoms with van der Waals surface area (Å²) in [5.74, 6) is -0.350. The van der Waals surface area contributed by atoms with Gasteiger partial charge >= 0.3 is 0 Å². The fraction of sp³-hybridized carbons (Fsp3) is 0.278. The van der Waals surface area contributed by atoms with Crippen molar-refractivity contribution >= 4 is 11.0 Å². The second kappa shape index (κ2) is 10.9. The van der Waals surface area contributed by atoms with Gasteiger partial charge in [0, 0.05) is 65.0 Å². The lowest BCUT2D eigenvalue weighted by molar-refractivity contribution is 0.380. The molecular weight excluding hydrogens is 535 g/mol. The van der Waals surface area contributed by atoms with Crippen LogP contribution in [0.4, 0.5) is 4.39 Å². The van der Waals surface area contributed by atoms with Crippen molar-refractivity contribution in [2.45, 2.75) is 57.5 Å². The van der Waals surface area contributed by atoms with Gasteiger partial charge in [-0.3, -0.25) is 4.98 Å². The summed E-state index contributed by atoms with van der Waals surface area (Å²) < 4.78 is 15.5. The van der Waals surface area contributed by atoms with Gasteiger partial charge < -0.3 is 20.5 Å². The minimum atomic E-state index is -0.337. The maximum Gasteiger partial charge on any atom is 0.141 e. The number of aryl methyl sites for hydroxylation is 2. The normalized spacial score (nSPS) is 19.7. The monoisotopic (exact) mass is 572 g/mol. The van der Waals surface area contributed by atoms with E-state index in [4.69, 9.17) is 10.7 Å².